The molecule has 30 heavy (non-hydrogen) atoms. The molecular weight excluding hydrogens is 404 g/mol. The lowest BCUT2D eigenvalue weighted by Crippen LogP contribution is -2.48. The number of benzene rings is 2. The number of nitrogens with one attached hydrogen (secondary N) is 1. The highest BCUT2D eigenvalue weighted by Gasteiger charge is 2.31. The van der Waals surface area contributed by atoms with E-state index < -0.39 is 16.1 Å². The molecule has 2 aromatic carbocycles. The van der Waals surface area contributed by atoms with E-state index in [1.807, 2.05) is 31.2 Å². The van der Waals surface area contributed by atoms with Crippen LogP contribution in [0, 0.1) is 0 Å². The van der Waals surface area contributed by atoms with E-state index in [0.29, 0.717) is 30.4 Å². The second-order valence-electron chi connectivity index (χ2n) is 7.39. The summed E-state index contributed by atoms with van der Waals surface area (Å²) in [5.74, 6) is 0.631. The predicted molar refractivity (Wildman–Crippen MR) is 117 cm³/mol. The Balaban J connectivity index is 1.81. The Morgan fingerprint density at radius 1 is 1.07 bits per heavy atom. The Hall–Kier alpha value is -2.74. The standard InChI is InChI=1S/C22H28N2O5S/c1-5-17-6-8-18(9-7-17)15(2)23-22(25)16(3)24(30(4,26)27)19-10-11-20-21(14-19)29-13-12-28-20/h6-11,14-16H,5,12-13H2,1-4H3,(H,23,25)/t15-,16+/m0/s1. The number of hydrogen-bond acceptors (Lipinski definition) is 5. The Morgan fingerprint density at radius 3 is 2.30 bits per heavy atom. The van der Waals surface area contributed by atoms with Gasteiger partial charge in [0, 0.05) is 6.07 Å². The molecule has 0 radical (unpaired) electrons. The monoisotopic (exact) mass is 432 g/mol. The van der Waals surface area contributed by atoms with Gasteiger partial charge >= 0.3 is 0 Å². The van der Waals surface area contributed by atoms with Crippen molar-refractivity contribution in [2.75, 3.05) is 23.8 Å². The summed E-state index contributed by atoms with van der Waals surface area (Å²) in [7, 11) is -3.72. The van der Waals surface area contributed by atoms with Gasteiger partial charge in [-0.2, -0.15) is 0 Å². The van der Waals surface area contributed by atoms with Crippen LogP contribution >= 0.6 is 0 Å². The summed E-state index contributed by atoms with van der Waals surface area (Å²) in [5.41, 5.74) is 2.52. The minimum Gasteiger partial charge on any atom is -0.486 e. The summed E-state index contributed by atoms with van der Waals surface area (Å²) >= 11 is 0. The van der Waals surface area contributed by atoms with Gasteiger partial charge in [-0.25, -0.2) is 8.42 Å². The van der Waals surface area contributed by atoms with E-state index in [-0.39, 0.29) is 11.9 Å². The highest BCUT2D eigenvalue weighted by molar-refractivity contribution is 7.92. The molecule has 2 aromatic rings. The summed E-state index contributed by atoms with van der Waals surface area (Å²) in [6.45, 7) is 6.36. The predicted octanol–water partition coefficient (Wildman–Crippen LogP) is 3.05. The number of sulfonamides is 1. The van der Waals surface area contributed by atoms with Gasteiger partial charge in [0.25, 0.3) is 0 Å². The van der Waals surface area contributed by atoms with E-state index in [1.165, 1.54) is 5.56 Å². The third kappa shape index (κ3) is 4.87. The van der Waals surface area contributed by atoms with Gasteiger partial charge in [0.2, 0.25) is 15.9 Å². The molecule has 1 aliphatic rings. The van der Waals surface area contributed by atoms with Crippen LogP contribution in [-0.4, -0.2) is 39.8 Å². The van der Waals surface area contributed by atoms with Crippen molar-refractivity contribution >= 4 is 21.6 Å². The van der Waals surface area contributed by atoms with Crippen molar-refractivity contribution in [1.82, 2.24) is 5.32 Å². The SMILES string of the molecule is CCc1ccc([C@H](C)NC(=O)[C@@H](C)N(c2ccc3c(c2)OCCO3)S(C)(=O)=O)cc1. The van der Waals surface area contributed by atoms with Gasteiger partial charge in [0.15, 0.2) is 11.5 Å². The van der Waals surface area contributed by atoms with E-state index >= 15 is 0 Å². The number of nitrogens with zero attached hydrogens (tertiary/aromatic N) is 1. The first kappa shape index (κ1) is 22.0. The average Bonchev–Trinajstić information content (AvgIpc) is 2.72. The molecule has 0 bridgehead atoms. The number of rotatable bonds is 7. The van der Waals surface area contributed by atoms with Gasteiger partial charge in [-0.1, -0.05) is 31.2 Å². The minimum absolute atomic E-state index is 0.257. The first-order chi connectivity index (χ1) is 14.2. The fourth-order valence-corrected chi connectivity index (χ4v) is 4.60. The molecule has 7 nitrogen and oxygen atoms in total. The largest absolute Gasteiger partial charge is 0.486 e. The van der Waals surface area contributed by atoms with Crippen molar-refractivity contribution in [2.24, 2.45) is 0 Å². The Bertz CT molecular complexity index is 1000. The number of fused-ring (bicyclic) bond motifs is 1. The van der Waals surface area contributed by atoms with Crippen molar-refractivity contribution in [2.45, 2.75) is 39.3 Å². The van der Waals surface area contributed by atoms with Crippen LogP contribution in [-0.2, 0) is 21.2 Å². The van der Waals surface area contributed by atoms with Gasteiger partial charge in [0.05, 0.1) is 18.0 Å². The van der Waals surface area contributed by atoms with Crippen LogP contribution in [0.25, 0.3) is 0 Å². The fourth-order valence-electron chi connectivity index (χ4n) is 3.44. The van der Waals surface area contributed by atoms with Crippen LogP contribution in [0.5, 0.6) is 11.5 Å². The first-order valence-corrected chi connectivity index (χ1v) is 11.8. The molecule has 0 aromatic heterocycles. The molecule has 2 atom stereocenters. The quantitative estimate of drug-likeness (QED) is 0.727. The summed E-state index contributed by atoms with van der Waals surface area (Å²) in [4.78, 5) is 12.9. The normalized spacial score (nSPS) is 15.2. The van der Waals surface area contributed by atoms with Gasteiger partial charge < -0.3 is 14.8 Å². The second kappa shape index (κ2) is 8.95. The van der Waals surface area contributed by atoms with Crippen LogP contribution in [0.1, 0.15) is 37.9 Å². The van der Waals surface area contributed by atoms with Crippen molar-refractivity contribution in [1.29, 1.82) is 0 Å². The lowest BCUT2D eigenvalue weighted by Gasteiger charge is -2.30. The van der Waals surface area contributed by atoms with Gasteiger partial charge in [-0.05, 0) is 43.5 Å². The Kier molecular flexibility index (Phi) is 6.55. The number of anilines is 1. The Labute approximate surface area is 178 Å². The van der Waals surface area contributed by atoms with E-state index in [1.54, 1.807) is 25.1 Å². The van der Waals surface area contributed by atoms with Crippen molar-refractivity contribution in [3.05, 3.63) is 53.6 Å². The summed E-state index contributed by atoms with van der Waals surface area (Å²) in [6, 6.07) is 11.7. The molecule has 1 N–H and O–H groups in total. The molecular formula is C22H28N2O5S. The van der Waals surface area contributed by atoms with Crippen molar-refractivity contribution in [3.8, 4) is 11.5 Å². The molecule has 1 amide bonds. The molecule has 162 valence electrons. The van der Waals surface area contributed by atoms with Gasteiger partial charge in [0.1, 0.15) is 19.3 Å². The van der Waals surface area contributed by atoms with E-state index in [0.717, 1.165) is 22.5 Å². The van der Waals surface area contributed by atoms with E-state index in [9.17, 15) is 13.2 Å². The number of carbonyl (C=O) groups excluding carboxylic acids is 1. The molecule has 0 saturated carbocycles. The molecule has 0 saturated heterocycles. The van der Waals surface area contributed by atoms with E-state index in [4.69, 9.17) is 9.47 Å². The summed E-state index contributed by atoms with van der Waals surface area (Å²) < 4.78 is 37.3. The maximum Gasteiger partial charge on any atom is 0.244 e. The summed E-state index contributed by atoms with van der Waals surface area (Å²) in [6.07, 6.45) is 2.03. The smallest absolute Gasteiger partial charge is 0.244 e. The van der Waals surface area contributed by atoms with Crippen LogP contribution in [0.4, 0.5) is 5.69 Å². The van der Waals surface area contributed by atoms with Crippen molar-refractivity contribution in [3.63, 3.8) is 0 Å². The second-order valence-corrected chi connectivity index (χ2v) is 9.25. The zero-order valence-corrected chi connectivity index (χ0v) is 18.5. The van der Waals surface area contributed by atoms with Gasteiger partial charge in [-0.15, -0.1) is 0 Å². The number of amides is 1. The van der Waals surface area contributed by atoms with Crippen LogP contribution < -0.4 is 19.1 Å². The molecule has 0 aliphatic carbocycles. The lowest BCUT2D eigenvalue weighted by atomic mass is 10.0. The minimum atomic E-state index is -3.72. The Morgan fingerprint density at radius 2 is 1.70 bits per heavy atom. The number of hydrogen-bond donors (Lipinski definition) is 1. The maximum atomic E-state index is 12.9. The van der Waals surface area contributed by atoms with Crippen LogP contribution in [0.3, 0.4) is 0 Å². The molecule has 0 unspecified atom stereocenters. The van der Waals surface area contributed by atoms with Gasteiger partial charge in [-0.3, -0.25) is 9.10 Å². The van der Waals surface area contributed by atoms with Crippen LogP contribution in [0.15, 0.2) is 42.5 Å². The lowest BCUT2D eigenvalue weighted by molar-refractivity contribution is -0.122. The summed E-state index contributed by atoms with van der Waals surface area (Å²) in [5, 5.41) is 2.92. The number of carbonyl (C=O) groups is 1. The molecule has 0 fully saturated rings. The van der Waals surface area contributed by atoms with E-state index in [2.05, 4.69) is 12.2 Å². The molecule has 1 heterocycles. The number of ether oxygens (including phenoxy) is 2. The topological polar surface area (TPSA) is 84.9 Å². The number of aryl methyl sites for hydroxylation is 1. The molecule has 0 spiro atoms. The zero-order chi connectivity index (χ0) is 21.9. The third-order valence-corrected chi connectivity index (χ3v) is 6.36. The molecule has 1 aliphatic heterocycles. The fraction of sp³-hybridized carbons (Fsp3) is 0.409. The zero-order valence-electron chi connectivity index (χ0n) is 17.7. The van der Waals surface area contributed by atoms with Crippen molar-refractivity contribution < 1.29 is 22.7 Å². The highest BCUT2D eigenvalue weighted by Crippen LogP contribution is 2.35. The molecule has 3 rings (SSSR count). The highest BCUT2D eigenvalue weighted by atomic mass is 32.2. The third-order valence-electron chi connectivity index (χ3n) is 5.12. The maximum absolute atomic E-state index is 12.9. The van der Waals surface area contributed by atoms with Crippen LogP contribution in [0.2, 0.25) is 0 Å². The molecule has 8 heteroatoms. The average molecular weight is 433 g/mol. The first-order valence-electron chi connectivity index (χ1n) is 9.99.